The molecule has 6 nitrogen and oxygen atoms in total. The number of rotatable bonds is 5. The second-order valence-corrected chi connectivity index (χ2v) is 5.95. The van der Waals surface area contributed by atoms with Crippen LogP contribution < -0.4 is 16.0 Å². The summed E-state index contributed by atoms with van der Waals surface area (Å²) in [4.78, 5) is 23.9. The first kappa shape index (κ1) is 15.6. The van der Waals surface area contributed by atoms with Crippen molar-refractivity contribution >= 4 is 11.8 Å². The van der Waals surface area contributed by atoms with E-state index in [-0.39, 0.29) is 23.0 Å². The number of carbonyl (C=O) groups excluding carboxylic acids is 2. The van der Waals surface area contributed by atoms with E-state index in [1.807, 2.05) is 0 Å². The Hall–Kier alpha value is -1.82. The van der Waals surface area contributed by atoms with Crippen molar-refractivity contribution in [1.29, 1.82) is 0 Å². The number of amides is 2. The van der Waals surface area contributed by atoms with Gasteiger partial charge < -0.3 is 20.4 Å². The van der Waals surface area contributed by atoms with Gasteiger partial charge in [-0.3, -0.25) is 9.59 Å². The Morgan fingerprint density at radius 2 is 2.14 bits per heavy atom. The average molecular weight is 293 g/mol. The van der Waals surface area contributed by atoms with Crippen LogP contribution in [0, 0.1) is 5.41 Å². The fourth-order valence-electron chi connectivity index (χ4n) is 2.40. The third-order valence-corrected chi connectivity index (χ3v) is 3.99. The van der Waals surface area contributed by atoms with Crippen LogP contribution in [-0.2, 0) is 4.79 Å². The molecule has 3 N–H and O–H groups in total. The van der Waals surface area contributed by atoms with E-state index in [0.717, 1.165) is 25.9 Å². The Bertz CT molecular complexity index is 478. The zero-order chi connectivity index (χ0) is 15.3. The zero-order valence-electron chi connectivity index (χ0n) is 12.6. The molecule has 0 aliphatic carbocycles. The van der Waals surface area contributed by atoms with Crippen molar-refractivity contribution in [3.8, 4) is 0 Å². The van der Waals surface area contributed by atoms with Crippen LogP contribution in [0.1, 0.15) is 37.2 Å². The van der Waals surface area contributed by atoms with Crippen LogP contribution in [0.15, 0.2) is 22.8 Å². The van der Waals surface area contributed by atoms with Gasteiger partial charge in [-0.15, -0.1) is 0 Å². The lowest BCUT2D eigenvalue weighted by Crippen LogP contribution is -2.49. The van der Waals surface area contributed by atoms with E-state index in [9.17, 15) is 9.59 Å². The lowest BCUT2D eigenvalue weighted by atomic mass is 9.81. The van der Waals surface area contributed by atoms with Crippen LogP contribution in [-0.4, -0.2) is 37.5 Å². The number of hydrogen-bond acceptors (Lipinski definition) is 4. The maximum absolute atomic E-state index is 12.1. The summed E-state index contributed by atoms with van der Waals surface area (Å²) in [5.74, 6) is -0.342. The molecule has 1 aromatic rings. The molecule has 2 heterocycles. The molecule has 0 radical (unpaired) electrons. The number of piperidine rings is 1. The molecule has 2 amide bonds. The lowest BCUT2D eigenvalue weighted by Gasteiger charge is -2.34. The van der Waals surface area contributed by atoms with Gasteiger partial charge in [0.2, 0.25) is 5.91 Å². The molecule has 1 saturated heterocycles. The van der Waals surface area contributed by atoms with Gasteiger partial charge in [-0.2, -0.15) is 0 Å². The minimum absolute atomic E-state index is 0.131. The molecule has 0 spiro atoms. The molecule has 6 heteroatoms. The summed E-state index contributed by atoms with van der Waals surface area (Å²) < 4.78 is 5.00. The highest BCUT2D eigenvalue weighted by molar-refractivity contribution is 5.95. The monoisotopic (exact) mass is 293 g/mol. The molecule has 1 aliphatic heterocycles. The highest BCUT2D eigenvalue weighted by Crippen LogP contribution is 2.26. The second-order valence-electron chi connectivity index (χ2n) is 5.95. The van der Waals surface area contributed by atoms with Crippen LogP contribution >= 0.6 is 0 Å². The van der Waals surface area contributed by atoms with Gasteiger partial charge in [0.05, 0.1) is 6.26 Å². The van der Waals surface area contributed by atoms with Gasteiger partial charge in [0.25, 0.3) is 5.91 Å². The maximum Gasteiger partial charge on any atom is 0.287 e. The quantitative estimate of drug-likeness (QED) is 0.753. The Balaban J connectivity index is 1.78. The van der Waals surface area contributed by atoms with Crippen LogP contribution in [0.25, 0.3) is 0 Å². The van der Waals surface area contributed by atoms with Crippen LogP contribution in [0.3, 0.4) is 0 Å². The summed E-state index contributed by atoms with van der Waals surface area (Å²) in [7, 11) is 0. The first-order valence-corrected chi connectivity index (χ1v) is 7.33. The van der Waals surface area contributed by atoms with E-state index >= 15 is 0 Å². The van der Waals surface area contributed by atoms with Gasteiger partial charge in [0.1, 0.15) is 6.04 Å². The van der Waals surface area contributed by atoms with Crippen molar-refractivity contribution in [1.82, 2.24) is 16.0 Å². The maximum atomic E-state index is 12.1. The van der Waals surface area contributed by atoms with Crippen molar-refractivity contribution in [3.05, 3.63) is 24.2 Å². The number of furan rings is 1. The van der Waals surface area contributed by atoms with Crippen molar-refractivity contribution in [2.45, 2.75) is 32.7 Å². The van der Waals surface area contributed by atoms with Crippen LogP contribution in [0.5, 0.6) is 0 Å². The topological polar surface area (TPSA) is 83.4 Å². The second kappa shape index (κ2) is 6.76. The van der Waals surface area contributed by atoms with Crippen molar-refractivity contribution in [2.24, 2.45) is 5.41 Å². The van der Waals surface area contributed by atoms with Gasteiger partial charge in [0, 0.05) is 6.54 Å². The van der Waals surface area contributed by atoms with E-state index < -0.39 is 6.04 Å². The van der Waals surface area contributed by atoms with Gasteiger partial charge in [-0.05, 0) is 50.4 Å². The molecule has 116 valence electrons. The summed E-state index contributed by atoms with van der Waals surface area (Å²) in [5.41, 5.74) is 0.131. The fourth-order valence-corrected chi connectivity index (χ4v) is 2.40. The van der Waals surface area contributed by atoms with Crippen molar-refractivity contribution in [3.63, 3.8) is 0 Å². The van der Waals surface area contributed by atoms with Gasteiger partial charge in [-0.1, -0.05) is 6.92 Å². The molecule has 2 rings (SSSR count). The lowest BCUT2D eigenvalue weighted by molar-refractivity contribution is -0.123. The molecule has 1 atom stereocenters. The molecule has 1 fully saturated rings. The highest BCUT2D eigenvalue weighted by Gasteiger charge is 2.28. The highest BCUT2D eigenvalue weighted by atomic mass is 16.3. The summed E-state index contributed by atoms with van der Waals surface area (Å²) in [6, 6.07) is 2.61. The number of carbonyl (C=O) groups is 2. The Labute approximate surface area is 124 Å². The fraction of sp³-hybridized carbons (Fsp3) is 0.600. The minimum Gasteiger partial charge on any atom is -0.459 e. The van der Waals surface area contributed by atoms with E-state index in [1.54, 1.807) is 19.1 Å². The third-order valence-electron chi connectivity index (χ3n) is 3.99. The molecular weight excluding hydrogens is 270 g/mol. The summed E-state index contributed by atoms with van der Waals surface area (Å²) in [6.07, 6.45) is 3.51. The minimum atomic E-state index is -0.590. The van der Waals surface area contributed by atoms with E-state index in [2.05, 4.69) is 22.9 Å². The Morgan fingerprint density at radius 1 is 1.43 bits per heavy atom. The molecule has 0 bridgehead atoms. The number of nitrogens with one attached hydrogen (secondary N) is 3. The molecule has 1 aliphatic rings. The smallest absolute Gasteiger partial charge is 0.287 e. The van der Waals surface area contributed by atoms with E-state index in [1.165, 1.54) is 6.26 Å². The van der Waals surface area contributed by atoms with E-state index in [4.69, 9.17) is 4.42 Å². The molecule has 0 aromatic carbocycles. The summed E-state index contributed by atoms with van der Waals surface area (Å²) in [5, 5.41) is 8.87. The largest absolute Gasteiger partial charge is 0.459 e. The van der Waals surface area contributed by atoms with Gasteiger partial charge in [0.15, 0.2) is 5.76 Å². The first-order chi connectivity index (χ1) is 10.0. The van der Waals surface area contributed by atoms with Crippen molar-refractivity contribution in [2.75, 3.05) is 19.6 Å². The molecule has 1 aromatic heterocycles. The predicted octanol–water partition coefficient (Wildman–Crippen LogP) is 0.904. The SMILES string of the molecule is CC(NC(=O)c1ccco1)C(=O)NCC1(C)CCNCC1. The predicted molar refractivity (Wildman–Crippen MR) is 78.9 cm³/mol. The zero-order valence-corrected chi connectivity index (χ0v) is 12.6. The van der Waals surface area contributed by atoms with Gasteiger partial charge in [-0.25, -0.2) is 0 Å². The van der Waals surface area contributed by atoms with Crippen molar-refractivity contribution < 1.29 is 14.0 Å². The third kappa shape index (κ3) is 4.32. The number of hydrogen-bond donors (Lipinski definition) is 3. The molecule has 1 unspecified atom stereocenters. The molecule has 0 saturated carbocycles. The summed E-state index contributed by atoms with van der Waals surface area (Å²) in [6.45, 7) is 6.45. The van der Waals surface area contributed by atoms with Gasteiger partial charge >= 0.3 is 0 Å². The van der Waals surface area contributed by atoms with Crippen LogP contribution in [0.2, 0.25) is 0 Å². The Kier molecular flexibility index (Phi) is 5.01. The van der Waals surface area contributed by atoms with Crippen LogP contribution in [0.4, 0.5) is 0 Å². The molecule has 21 heavy (non-hydrogen) atoms. The summed E-state index contributed by atoms with van der Waals surface area (Å²) >= 11 is 0. The van der Waals surface area contributed by atoms with E-state index in [0.29, 0.717) is 6.54 Å². The molecular formula is C15H23N3O3. The average Bonchev–Trinajstić information content (AvgIpc) is 3.00. The normalized spacial score (nSPS) is 18.8. The first-order valence-electron chi connectivity index (χ1n) is 7.33. The Morgan fingerprint density at radius 3 is 2.76 bits per heavy atom. The standard InChI is InChI=1S/C15H23N3O3/c1-11(18-14(20)12-4-3-9-21-12)13(19)17-10-15(2)5-7-16-8-6-15/h3-4,9,11,16H,5-8,10H2,1-2H3,(H,17,19)(H,18,20).